The van der Waals surface area contributed by atoms with Gasteiger partial charge in [0, 0.05) is 17.4 Å². The SMILES string of the molecule is CCOC(=O)c1c(C2CC2)nc2cc(Oc3ccc(F)cc3)c(F)cc2c1Oc1ccc(F)cc1. The van der Waals surface area contributed by atoms with Gasteiger partial charge in [-0.05, 0) is 74.4 Å². The highest BCUT2D eigenvalue weighted by atomic mass is 19.1. The Morgan fingerprint density at radius 2 is 1.51 bits per heavy atom. The molecule has 0 unspecified atom stereocenters. The third-order valence-electron chi connectivity index (χ3n) is 5.54. The Bertz CT molecular complexity index is 1400. The molecule has 1 aliphatic carbocycles. The molecule has 0 N–H and O–H groups in total. The Morgan fingerprint density at radius 3 is 2.09 bits per heavy atom. The van der Waals surface area contributed by atoms with Crippen molar-refractivity contribution >= 4 is 16.9 Å². The molecule has 0 amide bonds. The predicted molar refractivity (Wildman–Crippen MR) is 123 cm³/mol. The zero-order chi connectivity index (χ0) is 24.5. The number of halogens is 3. The summed E-state index contributed by atoms with van der Waals surface area (Å²) in [6.45, 7) is 1.82. The van der Waals surface area contributed by atoms with Crippen molar-refractivity contribution in [3.05, 3.63) is 89.4 Å². The highest BCUT2D eigenvalue weighted by Gasteiger charge is 2.34. The fraction of sp³-hybridized carbons (Fsp3) is 0.185. The van der Waals surface area contributed by atoms with Gasteiger partial charge in [-0.2, -0.15) is 0 Å². The number of benzene rings is 3. The van der Waals surface area contributed by atoms with Crippen LogP contribution < -0.4 is 9.47 Å². The number of rotatable bonds is 7. The number of fused-ring (bicyclic) bond motifs is 1. The summed E-state index contributed by atoms with van der Waals surface area (Å²) in [6.07, 6.45) is 1.67. The number of carbonyl (C=O) groups is 1. The summed E-state index contributed by atoms with van der Waals surface area (Å²) in [5.74, 6) is -1.76. The minimum atomic E-state index is -0.735. The molecule has 35 heavy (non-hydrogen) atoms. The van der Waals surface area contributed by atoms with Gasteiger partial charge in [0.25, 0.3) is 0 Å². The number of hydrogen-bond donors (Lipinski definition) is 0. The van der Waals surface area contributed by atoms with E-state index in [4.69, 9.17) is 14.2 Å². The van der Waals surface area contributed by atoms with Crippen molar-refractivity contribution in [1.82, 2.24) is 4.98 Å². The monoisotopic (exact) mass is 479 g/mol. The van der Waals surface area contributed by atoms with E-state index in [1.54, 1.807) is 6.92 Å². The van der Waals surface area contributed by atoms with E-state index in [0.29, 0.717) is 11.2 Å². The molecule has 8 heteroatoms. The van der Waals surface area contributed by atoms with E-state index in [0.717, 1.165) is 12.8 Å². The molecule has 4 aromatic rings. The number of esters is 1. The van der Waals surface area contributed by atoms with Crippen LogP contribution in [-0.4, -0.2) is 17.6 Å². The van der Waals surface area contributed by atoms with Gasteiger partial charge in [0.15, 0.2) is 17.3 Å². The molecule has 1 aliphatic rings. The van der Waals surface area contributed by atoms with Crippen molar-refractivity contribution < 1.29 is 32.2 Å². The lowest BCUT2D eigenvalue weighted by Crippen LogP contribution is -2.12. The molecule has 1 fully saturated rings. The molecule has 178 valence electrons. The van der Waals surface area contributed by atoms with Crippen molar-refractivity contribution in [2.75, 3.05) is 6.61 Å². The summed E-state index contributed by atoms with van der Waals surface area (Å²) in [5, 5.41) is 0.228. The maximum Gasteiger partial charge on any atom is 0.343 e. The molecule has 0 radical (unpaired) electrons. The molecule has 5 nitrogen and oxygen atoms in total. The summed E-state index contributed by atoms with van der Waals surface area (Å²) in [5.41, 5.74) is 0.959. The fourth-order valence-corrected chi connectivity index (χ4v) is 3.74. The maximum absolute atomic E-state index is 15.2. The Hall–Kier alpha value is -4.07. The first-order valence-electron chi connectivity index (χ1n) is 11.1. The smallest absolute Gasteiger partial charge is 0.343 e. The highest BCUT2D eigenvalue weighted by Crippen LogP contribution is 2.46. The van der Waals surface area contributed by atoms with Gasteiger partial charge in [-0.1, -0.05) is 0 Å². The van der Waals surface area contributed by atoms with E-state index in [1.165, 1.54) is 60.7 Å². The summed E-state index contributed by atoms with van der Waals surface area (Å²) in [7, 11) is 0. The summed E-state index contributed by atoms with van der Waals surface area (Å²) in [4.78, 5) is 17.6. The number of carbonyl (C=O) groups excluding carboxylic acids is 1. The Kier molecular flexibility index (Phi) is 6.03. The molecular formula is C27H20F3NO4. The van der Waals surface area contributed by atoms with Gasteiger partial charge in [-0.25, -0.2) is 18.0 Å². The first-order valence-corrected chi connectivity index (χ1v) is 11.1. The Morgan fingerprint density at radius 1 is 0.914 bits per heavy atom. The molecule has 5 rings (SSSR count). The minimum Gasteiger partial charge on any atom is -0.462 e. The van der Waals surface area contributed by atoms with E-state index in [1.807, 2.05) is 0 Å². The van der Waals surface area contributed by atoms with E-state index in [9.17, 15) is 13.6 Å². The second-order valence-electron chi connectivity index (χ2n) is 8.11. The number of nitrogens with zero attached hydrogens (tertiary/aromatic N) is 1. The quantitative estimate of drug-likeness (QED) is 0.261. The van der Waals surface area contributed by atoms with E-state index >= 15 is 4.39 Å². The van der Waals surface area contributed by atoms with Crippen LogP contribution in [0.25, 0.3) is 10.9 Å². The normalized spacial score (nSPS) is 13.0. The molecular weight excluding hydrogens is 459 g/mol. The Labute approximate surface area is 199 Å². The molecule has 0 spiro atoms. The van der Waals surface area contributed by atoms with Gasteiger partial charge in [0.2, 0.25) is 0 Å². The van der Waals surface area contributed by atoms with Crippen molar-refractivity contribution in [2.24, 2.45) is 0 Å². The molecule has 1 aromatic heterocycles. The second-order valence-corrected chi connectivity index (χ2v) is 8.11. The van der Waals surface area contributed by atoms with Crippen LogP contribution in [0.15, 0.2) is 60.7 Å². The van der Waals surface area contributed by atoms with Gasteiger partial charge in [-0.15, -0.1) is 0 Å². The molecule has 1 saturated carbocycles. The van der Waals surface area contributed by atoms with Crippen molar-refractivity contribution in [2.45, 2.75) is 25.7 Å². The lowest BCUT2D eigenvalue weighted by Gasteiger charge is -2.17. The molecule has 3 aromatic carbocycles. The van der Waals surface area contributed by atoms with E-state index < -0.39 is 23.4 Å². The highest BCUT2D eigenvalue weighted by molar-refractivity contribution is 6.02. The van der Waals surface area contributed by atoms with E-state index in [-0.39, 0.29) is 46.5 Å². The van der Waals surface area contributed by atoms with Gasteiger partial charge in [-0.3, -0.25) is 4.98 Å². The number of aromatic nitrogens is 1. The lowest BCUT2D eigenvalue weighted by molar-refractivity contribution is 0.0522. The van der Waals surface area contributed by atoms with Crippen LogP contribution in [-0.2, 0) is 4.74 Å². The number of ether oxygens (including phenoxy) is 3. The third kappa shape index (κ3) is 4.77. The van der Waals surface area contributed by atoms with Crippen LogP contribution >= 0.6 is 0 Å². The summed E-state index contributed by atoms with van der Waals surface area (Å²) in [6, 6.07) is 13.0. The predicted octanol–water partition coefficient (Wildman–Crippen LogP) is 7.29. The summed E-state index contributed by atoms with van der Waals surface area (Å²) >= 11 is 0. The van der Waals surface area contributed by atoms with E-state index in [2.05, 4.69) is 4.98 Å². The summed E-state index contributed by atoms with van der Waals surface area (Å²) < 4.78 is 58.8. The minimum absolute atomic E-state index is 0.0286. The molecule has 0 aliphatic heterocycles. The van der Waals surface area contributed by atoms with Gasteiger partial charge < -0.3 is 14.2 Å². The van der Waals surface area contributed by atoms with Crippen LogP contribution in [0, 0.1) is 17.5 Å². The zero-order valence-corrected chi connectivity index (χ0v) is 18.7. The lowest BCUT2D eigenvalue weighted by atomic mass is 10.0. The number of pyridine rings is 1. The Balaban J connectivity index is 1.68. The fourth-order valence-electron chi connectivity index (χ4n) is 3.74. The van der Waals surface area contributed by atoms with Gasteiger partial charge in [0.1, 0.15) is 28.7 Å². The first-order chi connectivity index (χ1) is 16.9. The molecule has 0 saturated heterocycles. The van der Waals surface area contributed by atoms with Crippen molar-refractivity contribution in [3.63, 3.8) is 0 Å². The first kappa shape index (κ1) is 22.7. The average Bonchev–Trinajstić information content (AvgIpc) is 3.68. The van der Waals surface area contributed by atoms with Crippen molar-refractivity contribution in [3.8, 4) is 23.0 Å². The largest absolute Gasteiger partial charge is 0.462 e. The third-order valence-corrected chi connectivity index (χ3v) is 5.54. The van der Waals surface area contributed by atoms with Crippen LogP contribution in [0.4, 0.5) is 13.2 Å². The maximum atomic E-state index is 15.2. The standard InChI is InChI=1S/C27H20F3NO4/c1-2-33-27(32)24-25(15-3-4-15)31-22-14-23(34-18-9-5-16(28)6-10-18)21(30)13-20(22)26(24)35-19-11-7-17(29)8-12-19/h5-15H,2-4H2,1H3. The van der Waals surface area contributed by atoms with Crippen LogP contribution in [0.1, 0.15) is 41.7 Å². The second kappa shape index (κ2) is 9.29. The number of hydrogen-bond acceptors (Lipinski definition) is 5. The molecule has 1 heterocycles. The van der Waals surface area contributed by atoms with Crippen LogP contribution in [0.2, 0.25) is 0 Å². The van der Waals surface area contributed by atoms with Gasteiger partial charge in [0.05, 0.1) is 17.8 Å². The van der Waals surface area contributed by atoms with Crippen molar-refractivity contribution in [1.29, 1.82) is 0 Å². The molecule has 0 atom stereocenters. The average molecular weight is 479 g/mol. The van der Waals surface area contributed by atoms with Gasteiger partial charge >= 0.3 is 5.97 Å². The van der Waals surface area contributed by atoms with Crippen LogP contribution in [0.3, 0.4) is 0 Å². The molecule has 0 bridgehead atoms. The zero-order valence-electron chi connectivity index (χ0n) is 18.7. The topological polar surface area (TPSA) is 57.7 Å². The van der Waals surface area contributed by atoms with Crippen LogP contribution in [0.5, 0.6) is 23.0 Å².